The highest BCUT2D eigenvalue weighted by molar-refractivity contribution is 7.90. The molecule has 3 N–H and O–H groups in total. The van der Waals surface area contributed by atoms with Gasteiger partial charge in [-0.1, -0.05) is 71.0 Å². The average Bonchev–Trinajstić information content (AvgIpc) is 3.95. The zero-order valence-corrected chi connectivity index (χ0v) is 50.9. The number of nitrogens with one attached hydrogen (secondary N) is 3. The van der Waals surface area contributed by atoms with Crippen LogP contribution in [0.1, 0.15) is 122 Å². The van der Waals surface area contributed by atoms with E-state index in [4.69, 9.17) is 26.1 Å². The van der Waals surface area contributed by atoms with Crippen LogP contribution >= 0.6 is 51.0 Å². The Labute approximate surface area is 499 Å². The summed E-state index contributed by atoms with van der Waals surface area (Å²) in [5.41, 5.74) is 0.396. The summed E-state index contributed by atoms with van der Waals surface area (Å²) in [6.07, 6.45) is 10.1. The van der Waals surface area contributed by atoms with E-state index in [1.807, 2.05) is 9.62 Å². The van der Waals surface area contributed by atoms with Crippen molar-refractivity contribution in [2.75, 3.05) is 31.2 Å². The third-order valence-electron chi connectivity index (χ3n) is 13.9. The van der Waals surface area contributed by atoms with E-state index in [0.717, 1.165) is 62.3 Å². The van der Waals surface area contributed by atoms with Crippen molar-refractivity contribution in [3.05, 3.63) is 125 Å². The Morgan fingerprint density at radius 3 is 1.49 bits per heavy atom. The minimum Gasteiger partial charge on any atom is -0.476 e. The van der Waals surface area contributed by atoms with Crippen molar-refractivity contribution >= 4 is 88.7 Å². The number of halogens is 4. The first-order chi connectivity index (χ1) is 36.1. The second kappa shape index (κ2) is 26.8. The van der Waals surface area contributed by atoms with Crippen LogP contribution in [0.2, 0.25) is 5.15 Å². The van der Waals surface area contributed by atoms with Crippen LogP contribution in [0.25, 0.3) is 11.6 Å². The van der Waals surface area contributed by atoms with Crippen LogP contribution in [0.15, 0.2) is 107 Å². The molecule has 444 valence electrons. The maximum absolute atomic E-state index is 14.2. The Morgan fingerprint density at radius 2 is 1.11 bits per heavy atom. The molecule has 6 heterocycles. The van der Waals surface area contributed by atoms with Crippen LogP contribution in [0.5, 0.6) is 11.8 Å². The van der Waals surface area contributed by atoms with Gasteiger partial charge < -0.3 is 19.7 Å². The molecule has 2 aromatic carbocycles. The SMILES string of the molecule is C.CC1(COc2ccn(-c3ccc(C(=O)NS(=O)(=O)c4ccccc4F)c(Cl)n3)n2)CC1.C[C@@H]1CN(c2nc(-n3ccc(OCC4(C)CC4)n3)ccc2C(=O)NS(=O)(=O)c2ccccc2F)C(C)(C)C1.C[C@@H]1CNC(C)(C)C1.Cl.S.S. The lowest BCUT2D eigenvalue weighted by atomic mass is 9.97. The highest BCUT2D eigenvalue weighted by Gasteiger charge is 2.41. The van der Waals surface area contributed by atoms with Crippen molar-refractivity contribution in [1.29, 1.82) is 0 Å². The molecule has 0 spiro atoms. The summed E-state index contributed by atoms with van der Waals surface area (Å²) in [4.78, 5) is 35.4. The molecule has 6 aromatic rings. The number of anilines is 1. The third kappa shape index (κ3) is 17.3. The number of hydrogen-bond acceptors (Lipinski definition) is 14. The fourth-order valence-electron chi connectivity index (χ4n) is 9.12. The lowest BCUT2D eigenvalue weighted by Crippen LogP contribution is -2.41. The van der Waals surface area contributed by atoms with E-state index in [1.165, 1.54) is 60.1 Å². The fraction of sp³-hybridized carbons (Fsp3) is 0.455. The van der Waals surface area contributed by atoms with Crippen LogP contribution in [0, 0.1) is 34.3 Å². The first-order valence-electron chi connectivity index (χ1n) is 25.4. The Hall–Kier alpha value is -5.50. The van der Waals surface area contributed by atoms with Gasteiger partial charge in [0.1, 0.15) is 32.4 Å². The van der Waals surface area contributed by atoms with Gasteiger partial charge in [0.15, 0.2) is 11.6 Å². The number of rotatable bonds is 15. The zero-order chi connectivity index (χ0) is 55.7. The van der Waals surface area contributed by atoms with E-state index in [9.17, 15) is 35.2 Å². The molecule has 0 radical (unpaired) electrons. The van der Waals surface area contributed by atoms with Crippen molar-refractivity contribution in [3.63, 3.8) is 0 Å². The zero-order valence-electron chi connectivity index (χ0n) is 45.7. The number of sulfonamides is 2. The van der Waals surface area contributed by atoms with Crippen LogP contribution in [0.3, 0.4) is 0 Å². The van der Waals surface area contributed by atoms with Gasteiger partial charge in [0.2, 0.25) is 11.8 Å². The molecule has 2 amide bonds. The quantitative estimate of drug-likeness (QED) is 0.0815. The van der Waals surface area contributed by atoms with E-state index >= 15 is 0 Å². The Morgan fingerprint density at radius 1 is 0.667 bits per heavy atom. The molecule has 4 aliphatic rings. The van der Waals surface area contributed by atoms with Gasteiger partial charge in [-0.2, -0.15) is 27.0 Å². The lowest BCUT2D eigenvalue weighted by molar-refractivity contribution is 0.0972. The van der Waals surface area contributed by atoms with Crippen LogP contribution in [-0.4, -0.2) is 95.6 Å². The number of pyridine rings is 2. The molecule has 2 atom stereocenters. The second-order valence-electron chi connectivity index (χ2n) is 22.5. The molecule has 10 rings (SSSR count). The number of hydrogen-bond donors (Lipinski definition) is 3. The van der Waals surface area contributed by atoms with Crippen molar-refractivity contribution < 1.29 is 44.7 Å². The van der Waals surface area contributed by atoms with Gasteiger partial charge in [-0.25, -0.2) is 54.4 Å². The first-order valence-corrected chi connectivity index (χ1v) is 28.7. The highest BCUT2D eigenvalue weighted by Crippen LogP contribution is 2.46. The topological polar surface area (TPSA) is 222 Å². The number of aromatic nitrogens is 6. The third-order valence-corrected chi connectivity index (χ3v) is 17.0. The molecule has 0 bridgehead atoms. The van der Waals surface area contributed by atoms with Crippen LogP contribution in [-0.2, 0) is 20.0 Å². The summed E-state index contributed by atoms with van der Waals surface area (Å²) in [5, 5.41) is 12.0. The van der Waals surface area contributed by atoms with Crippen molar-refractivity contribution in [1.82, 2.24) is 44.3 Å². The number of benzene rings is 2. The average molecular weight is 1240 g/mol. The van der Waals surface area contributed by atoms with Gasteiger partial charge in [0.25, 0.3) is 31.9 Å². The van der Waals surface area contributed by atoms with Gasteiger partial charge >= 0.3 is 0 Å². The number of carbonyl (C=O) groups is 2. The minimum atomic E-state index is -4.45. The predicted octanol–water partition coefficient (Wildman–Crippen LogP) is 10.4. The van der Waals surface area contributed by atoms with E-state index in [0.29, 0.717) is 60.4 Å². The van der Waals surface area contributed by atoms with Crippen LogP contribution in [0.4, 0.5) is 14.6 Å². The largest absolute Gasteiger partial charge is 0.476 e. The number of carbonyl (C=O) groups excluding carboxylic acids is 2. The smallest absolute Gasteiger partial charge is 0.268 e. The summed E-state index contributed by atoms with van der Waals surface area (Å²) in [7, 11) is -8.87. The monoisotopic (exact) mass is 1240 g/mol. The van der Waals surface area contributed by atoms with Crippen LogP contribution < -0.4 is 29.1 Å². The summed E-state index contributed by atoms with van der Waals surface area (Å²) in [5.74, 6) is -0.610. The predicted molar refractivity (Wildman–Crippen MR) is 321 cm³/mol. The van der Waals surface area contributed by atoms with E-state index in [2.05, 4.69) is 75.9 Å². The highest BCUT2D eigenvalue weighted by atomic mass is 35.5. The van der Waals surface area contributed by atoms with Crippen molar-refractivity contribution in [2.24, 2.45) is 22.7 Å². The molecule has 2 saturated heterocycles. The molecule has 81 heavy (non-hydrogen) atoms. The molecule has 26 heteroatoms. The van der Waals surface area contributed by atoms with E-state index in [-0.39, 0.29) is 79.5 Å². The normalized spacial score (nSPS) is 18.5. The molecule has 2 aliphatic carbocycles. The Balaban J connectivity index is 0.000000297. The molecule has 18 nitrogen and oxygen atoms in total. The first kappa shape index (κ1) is 68.0. The van der Waals surface area contributed by atoms with Gasteiger partial charge in [-0.3, -0.25) is 9.59 Å². The number of nitrogens with zero attached hydrogens (tertiary/aromatic N) is 7. The molecule has 4 aromatic heterocycles. The molecule has 0 unspecified atom stereocenters. The van der Waals surface area contributed by atoms with Crippen molar-refractivity contribution in [3.8, 4) is 23.4 Å². The maximum atomic E-state index is 14.2. The Bertz CT molecular complexity index is 3400. The molecule has 2 saturated carbocycles. The molecule has 4 fully saturated rings. The summed E-state index contributed by atoms with van der Waals surface area (Å²) < 4.78 is 96.6. The lowest BCUT2D eigenvalue weighted by Gasteiger charge is -2.34. The maximum Gasteiger partial charge on any atom is 0.268 e. The van der Waals surface area contributed by atoms with Gasteiger partial charge in [-0.15, -0.1) is 22.6 Å². The van der Waals surface area contributed by atoms with Gasteiger partial charge in [0, 0.05) is 53.0 Å². The fourth-order valence-corrected chi connectivity index (χ4v) is 11.4. The number of amides is 2. The molecular weight excluding hydrogens is 1170 g/mol. The van der Waals surface area contributed by atoms with Gasteiger partial charge in [-0.05, 0) is 133 Å². The van der Waals surface area contributed by atoms with Gasteiger partial charge in [0.05, 0.1) is 24.3 Å². The van der Waals surface area contributed by atoms with E-state index < -0.39 is 53.3 Å². The number of ether oxygens (including phenoxy) is 2. The Kier molecular flexibility index (Phi) is 22.5. The molecule has 2 aliphatic heterocycles. The minimum absolute atomic E-state index is 0. The summed E-state index contributed by atoms with van der Waals surface area (Å²) in [6, 6.07) is 19.0. The van der Waals surface area contributed by atoms with E-state index in [1.54, 1.807) is 40.0 Å². The second-order valence-corrected chi connectivity index (χ2v) is 26.1. The molecular formula is C55H74Cl2F2N10O8S4. The summed E-state index contributed by atoms with van der Waals surface area (Å²) >= 11 is 6.10. The standard InChI is InChI=1S/C27H32FN5O4S.C20H18ClFN4O4S.C7H15N.CH4.ClH.2H2S/c1-18-15-26(2,3)32(16-18)24-19(25(34)31-38(35,36)21-8-6-5-7-20(21)28)9-10-22(29-24)33-14-11-23(30-33)37-17-27(4)12-13-27;1-20(9-10-20)12-30-17-8-11-26(24-17)16-7-6-13(18(21)23-16)19(27)25-31(28,29)15-5-3-2-4-14(15)22;1-6-4-7(2,3)8-5-6;;;;/h5-11,14,18H,12-13,15-17H2,1-4H3,(H,31,34);2-8,11H,9-10,12H2,1H3,(H,25,27);6,8H,4-5H2,1-3H3;1H4;1H;2*1H2/t18-;;6-;;;;/m0.0..../s1. The summed E-state index contributed by atoms with van der Waals surface area (Å²) in [6.45, 7) is 20.4. The van der Waals surface area contributed by atoms with Crippen molar-refractivity contribution in [2.45, 2.75) is 122 Å².